The van der Waals surface area contributed by atoms with Crippen LogP contribution in [0.15, 0.2) is 54.6 Å². The number of ether oxygens (including phenoxy) is 3. The third kappa shape index (κ3) is 7.87. The van der Waals surface area contributed by atoms with Crippen molar-refractivity contribution in [3.63, 3.8) is 0 Å². The zero-order valence-electron chi connectivity index (χ0n) is 15.4. The van der Waals surface area contributed by atoms with Crippen LogP contribution in [0.25, 0.3) is 0 Å². The predicted molar refractivity (Wildman–Crippen MR) is 97.1 cm³/mol. The Labute approximate surface area is 161 Å². The smallest absolute Gasteiger partial charge is 0.486 e. The average molecular weight is 397 g/mol. The van der Waals surface area contributed by atoms with E-state index in [0.717, 1.165) is 5.56 Å². The fourth-order valence-electron chi connectivity index (χ4n) is 2.48. The largest absolute Gasteiger partial charge is 0.573 e. The molecular weight excluding hydrogens is 375 g/mol. The minimum atomic E-state index is -4.74. The number of carbonyl (C=O) groups is 1. The van der Waals surface area contributed by atoms with Gasteiger partial charge in [0.15, 0.2) is 0 Å². The number of nitrogens with one attached hydrogen (secondary N) is 1. The molecule has 8 heteroatoms. The molecule has 2 rings (SSSR count). The Bertz CT molecular complexity index is 720. The fraction of sp³-hybridized carbons (Fsp3) is 0.350. The van der Waals surface area contributed by atoms with E-state index in [1.165, 1.54) is 24.3 Å². The third-order valence-corrected chi connectivity index (χ3v) is 3.66. The van der Waals surface area contributed by atoms with E-state index >= 15 is 0 Å². The van der Waals surface area contributed by atoms with Gasteiger partial charge in [-0.3, -0.25) is 4.79 Å². The highest BCUT2D eigenvalue weighted by Crippen LogP contribution is 2.28. The van der Waals surface area contributed by atoms with E-state index < -0.39 is 6.36 Å². The molecule has 0 amide bonds. The molecule has 1 atom stereocenters. The molecule has 0 aliphatic carbocycles. The maximum atomic E-state index is 12.3. The van der Waals surface area contributed by atoms with Crippen LogP contribution < -0.4 is 14.8 Å². The predicted octanol–water partition coefficient (Wildman–Crippen LogP) is 4.25. The lowest BCUT2D eigenvalue weighted by atomic mass is 10.1. The Hall–Kier alpha value is -2.74. The first-order valence-electron chi connectivity index (χ1n) is 8.81. The van der Waals surface area contributed by atoms with E-state index in [1.807, 2.05) is 30.3 Å². The number of hydrogen-bond donors (Lipinski definition) is 1. The first-order valence-corrected chi connectivity index (χ1v) is 8.81. The minimum absolute atomic E-state index is 0.0961. The van der Waals surface area contributed by atoms with Crippen LogP contribution in [0.4, 0.5) is 13.2 Å². The van der Waals surface area contributed by atoms with E-state index in [4.69, 9.17) is 9.47 Å². The summed E-state index contributed by atoms with van der Waals surface area (Å²) in [6.45, 7) is 2.65. The first-order chi connectivity index (χ1) is 13.4. The number of alkyl halides is 3. The van der Waals surface area contributed by atoms with E-state index in [0.29, 0.717) is 25.3 Å². The van der Waals surface area contributed by atoms with Gasteiger partial charge in [0, 0.05) is 6.42 Å². The standard InChI is InChI=1S/C20H22F3NO4/c1-2-26-19(25)14-24-13-12-18(15-6-4-3-5-7-15)27-16-8-10-17(11-9-16)28-20(21,22)23/h3-11,18,24H,2,12-14H2,1H3. The van der Waals surface area contributed by atoms with Crippen molar-refractivity contribution >= 4 is 5.97 Å². The summed E-state index contributed by atoms with van der Waals surface area (Å²) in [5.74, 6) is -0.235. The van der Waals surface area contributed by atoms with E-state index in [1.54, 1.807) is 6.92 Å². The monoisotopic (exact) mass is 397 g/mol. The molecule has 0 radical (unpaired) electrons. The summed E-state index contributed by atoms with van der Waals surface area (Å²) < 4.78 is 51.4. The number of carbonyl (C=O) groups excluding carboxylic acids is 1. The Morgan fingerprint density at radius 2 is 1.68 bits per heavy atom. The average Bonchev–Trinajstić information content (AvgIpc) is 2.65. The number of hydrogen-bond acceptors (Lipinski definition) is 5. The molecule has 0 saturated carbocycles. The highest BCUT2D eigenvalue weighted by molar-refractivity contribution is 5.71. The summed E-state index contributed by atoms with van der Waals surface area (Å²) in [5, 5.41) is 2.99. The molecule has 152 valence electrons. The molecule has 0 bridgehead atoms. The fourth-order valence-corrected chi connectivity index (χ4v) is 2.48. The maximum absolute atomic E-state index is 12.3. The molecule has 28 heavy (non-hydrogen) atoms. The summed E-state index contributed by atoms with van der Waals surface area (Å²) in [6, 6.07) is 14.7. The van der Waals surface area contributed by atoms with Gasteiger partial charge in [-0.05, 0) is 43.3 Å². The molecule has 0 saturated heterocycles. The Morgan fingerprint density at radius 3 is 2.29 bits per heavy atom. The van der Waals surface area contributed by atoms with Crippen molar-refractivity contribution in [2.45, 2.75) is 25.8 Å². The van der Waals surface area contributed by atoms with Crippen LogP contribution in [0.3, 0.4) is 0 Å². The van der Waals surface area contributed by atoms with E-state index in [9.17, 15) is 18.0 Å². The van der Waals surface area contributed by atoms with Gasteiger partial charge in [-0.2, -0.15) is 0 Å². The second-order valence-electron chi connectivity index (χ2n) is 5.81. The van der Waals surface area contributed by atoms with Crippen molar-refractivity contribution in [1.82, 2.24) is 5.32 Å². The van der Waals surface area contributed by atoms with E-state index in [-0.39, 0.29) is 24.4 Å². The quantitative estimate of drug-likeness (QED) is 0.480. The molecule has 0 heterocycles. The number of rotatable bonds is 10. The van der Waals surface area contributed by atoms with Crippen LogP contribution in [-0.2, 0) is 9.53 Å². The lowest BCUT2D eigenvalue weighted by Crippen LogP contribution is -2.27. The Morgan fingerprint density at radius 1 is 1.04 bits per heavy atom. The minimum Gasteiger partial charge on any atom is -0.486 e. The summed E-state index contributed by atoms with van der Waals surface area (Å²) >= 11 is 0. The molecule has 2 aromatic rings. The highest BCUT2D eigenvalue weighted by atomic mass is 19.4. The normalized spacial score (nSPS) is 12.3. The van der Waals surface area contributed by atoms with Gasteiger partial charge in [0.05, 0.1) is 13.2 Å². The van der Waals surface area contributed by atoms with Crippen molar-refractivity contribution < 1.29 is 32.2 Å². The Balaban J connectivity index is 1.97. The van der Waals surface area contributed by atoms with Crippen LogP contribution in [0.5, 0.6) is 11.5 Å². The van der Waals surface area contributed by atoms with Crippen molar-refractivity contribution in [2.75, 3.05) is 19.7 Å². The molecule has 0 aliphatic rings. The van der Waals surface area contributed by atoms with Crippen molar-refractivity contribution in [1.29, 1.82) is 0 Å². The van der Waals surface area contributed by atoms with Gasteiger partial charge >= 0.3 is 12.3 Å². The summed E-state index contributed by atoms with van der Waals surface area (Å²) in [5.41, 5.74) is 0.913. The SMILES string of the molecule is CCOC(=O)CNCCC(Oc1ccc(OC(F)(F)F)cc1)c1ccccc1. The number of halogens is 3. The van der Waals surface area contributed by atoms with Gasteiger partial charge in [0.25, 0.3) is 0 Å². The van der Waals surface area contributed by atoms with Gasteiger partial charge in [-0.25, -0.2) is 0 Å². The zero-order chi connectivity index (χ0) is 20.4. The number of esters is 1. The van der Waals surface area contributed by atoms with Crippen LogP contribution in [0, 0.1) is 0 Å². The van der Waals surface area contributed by atoms with Crippen LogP contribution >= 0.6 is 0 Å². The molecule has 1 unspecified atom stereocenters. The molecular formula is C20H22F3NO4. The molecule has 1 N–H and O–H groups in total. The van der Waals surface area contributed by atoms with Gasteiger partial charge < -0.3 is 19.5 Å². The molecule has 2 aromatic carbocycles. The van der Waals surface area contributed by atoms with E-state index in [2.05, 4.69) is 10.1 Å². The summed E-state index contributed by atoms with van der Waals surface area (Å²) in [6.07, 6.45) is -4.53. The lowest BCUT2D eigenvalue weighted by molar-refractivity contribution is -0.274. The topological polar surface area (TPSA) is 56.8 Å². The summed E-state index contributed by atoms with van der Waals surface area (Å²) in [7, 11) is 0. The Kier molecular flexibility index (Phi) is 8.13. The first kappa shape index (κ1) is 21.6. The maximum Gasteiger partial charge on any atom is 0.573 e. The van der Waals surface area contributed by atoms with Crippen molar-refractivity contribution in [3.05, 3.63) is 60.2 Å². The second-order valence-corrected chi connectivity index (χ2v) is 5.81. The zero-order valence-corrected chi connectivity index (χ0v) is 15.4. The molecule has 5 nitrogen and oxygen atoms in total. The van der Waals surface area contributed by atoms with Crippen molar-refractivity contribution in [3.8, 4) is 11.5 Å². The molecule has 0 fully saturated rings. The van der Waals surface area contributed by atoms with Crippen LogP contribution in [0.1, 0.15) is 25.0 Å². The van der Waals surface area contributed by atoms with Crippen LogP contribution in [-0.4, -0.2) is 32.0 Å². The molecule has 0 aromatic heterocycles. The van der Waals surface area contributed by atoms with Crippen LogP contribution in [0.2, 0.25) is 0 Å². The molecule has 0 spiro atoms. The van der Waals surface area contributed by atoms with Gasteiger partial charge in [-0.15, -0.1) is 13.2 Å². The summed E-state index contributed by atoms with van der Waals surface area (Å²) in [4.78, 5) is 11.4. The number of benzene rings is 2. The highest BCUT2D eigenvalue weighted by Gasteiger charge is 2.31. The second kappa shape index (κ2) is 10.6. The van der Waals surface area contributed by atoms with Gasteiger partial charge in [-0.1, -0.05) is 30.3 Å². The van der Waals surface area contributed by atoms with Crippen molar-refractivity contribution in [2.24, 2.45) is 0 Å². The van der Waals surface area contributed by atoms with Gasteiger partial charge in [0.2, 0.25) is 0 Å². The third-order valence-electron chi connectivity index (χ3n) is 3.66. The molecule has 0 aliphatic heterocycles. The van der Waals surface area contributed by atoms with Gasteiger partial charge in [0.1, 0.15) is 17.6 Å². The lowest BCUT2D eigenvalue weighted by Gasteiger charge is -2.20.